The van der Waals surface area contributed by atoms with E-state index in [2.05, 4.69) is 21.8 Å². The van der Waals surface area contributed by atoms with Crippen molar-refractivity contribution in [2.24, 2.45) is 0 Å². The summed E-state index contributed by atoms with van der Waals surface area (Å²) >= 11 is 0. The van der Waals surface area contributed by atoms with Gasteiger partial charge >= 0.3 is 0 Å². The number of rotatable bonds is 6. The fraction of sp³-hybridized carbons (Fsp3) is 0.238. The Morgan fingerprint density at radius 3 is 2.50 bits per heavy atom. The van der Waals surface area contributed by atoms with Crippen LogP contribution in [0, 0.1) is 5.82 Å². The highest BCUT2D eigenvalue weighted by atomic mass is 32.2. The van der Waals surface area contributed by atoms with Crippen molar-refractivity contribution in [3.05, 3.63) is 89.6 Å². The number of nitrogens with one attached hydrogen (secondary N) is 1. The summed E-state index contributed by atoms with van der Waals surface area (Å²) < 4.78 is 46.6. The van der Waals surface area contributed by atoms with Gasteiger partial charge in [-0.1, -0.05) is 24.3 Å². The van der Waals surface area contributed by atoms with E-state index >= 15 is 0 Å². The highest BCUT2D eigenvalue weighted by Gasteiger charge is 2.28. The summed E-state index contributed by atoms with van der Waals surface area (Å²) in [5.41, 5.74) is 2.57. The summed E-state index contributed by atoms with van der Waals surface area (Å²) in [7, 11) is -3.75. The molecule has 0 unspecified atom stereocenters. The largest absolute Gasteiger partial charge is 0.468 e. The number of nitrogens with zero attached hydrogens (tertiary/aromatic N) is 1. The quantitative estimate of drug-likeness (QED) is 0.688. The molecule has 5 nitrogen and oxygen atoms in total. The predicted molar refractivity (Wildman–Crippen MR) is 104 cm³/mol. The zero-order chi connectivity index (χ0) is 19.6. The molecule has 3 aromatic rings. The van der Waals surface area contributed by atoms with Crippen LogP contribution < -0.4 is 4.72 Å². The second-order valence-electron chi connectivity index (χ2n) is 6.83. The van der Waals surface area contributed by atoms with Crippen molar-refractivity contribution in [3.8, 4) is 0 Å². The Morgan fingerprint density at radius 1 is 1.04 bits per heavy atom. The van der Waals surface area contributed by atoms with Crippen molar-refractivity contribution in [2.75, 3.05) is 13.1 Å². The van der Waals surface area contributed by atoms with E-state index in [1.165, 1.54) is 23.3 Å². The van der Waals surface area contributed by atoms with Gasteiger partial charge in [-0.3, -0.25) is 4.90 Å². The van der Waals surface area contributed by atoms with Gasteiger partial charge in [0.15, 0.2) is 0 Å². The molecule has 0 fully saturated rings. The molecular weight excluding hydrogens is 379 g/mol. The number of hydrogen-bond donors (Lipinski definition) is 1. The number of hydrogen-bond acceptors (Lipinski definition) is 4. The van der Waals surface area contributed by atoms with Crippen LogP contribution in [0.4, 0.5) is 4.39 Å². The lowest BCUT2D eigenvalue weighted by molar-refractivity contribution is 0.160. The fourth-order valence-electron chi connectivity index (χ4n) is 3.56. The van der Waals surface area contributed by atoms with Crippen LogP contribution >= 0.6 is 0 Å². The van der Waals surface area contributed by atoms with E-state index in [0.717, 1.165) is 31.6 Å². The molecule has 0 radical (unpaired) electrons. The smallest absolute Gasteiger partial charge is 0.240 e. The first kappa shape index (κ1) is 18.9. The standard InChI is InChI=1S/C21H21FN2O3S/c22-18-7-9-19(10-8-18)28(25,26)23-14-20(21-6-3-13-27-21)24-12-11-16-4-1-2-5-17(16)15-24/h1-10,13,20,23H,11-12,14-15H2/t20-/m1/s1. The molecule has 0 saturated carbocycles. The molecule has 2 heterocycles. The number of sulfonamides is 1. The Hall–Kier alpha value is -2.48. The van der Waals surface area contributed by atoms with Crippen LogP contribution in [0.3, 0.4) is 0 Å². The summed E-state index contributed by atoms with van der Waals surface area (Å²) in [6.07, 6.45) is 2.49. The second-order valence-corrected chi connectivity index (χ2v) is 8.59. The van der Waals surface area contributed by atoms with Gasteiger partial charge in [0.2, 0.25) is 10.0 Å². The molecule has 1 aliphatic heterocycles. The molecule has 7 heteroatoms. The Balaban J connectivity index is 1.54. The van der Waals surface area contributed by atoms with E-state index in [0.29, 0.717) is 5.76 Å². The zero-order valence-electron chi connectivity index (χ0n) is 15.2. The second kappa shape index (κ2) is 7.87. The molecule has 146 valence electrons. The lowest BCUT2D eigenvalue weighted by Crippen LogP contribution is -2.40. The average molecular weight is 400 g/mol. The number of halogens is 1. The summed E-state index contributed by atoms with van der Waals surface area (Å²) in [6.45, 7) is 1.69. The van der Waals surface area contributed by atoms with Gasteiger partial charge in [0.1, 0.15) is 11.6 Å². The Bertz CT molecular complexity index is 1030. The predicted octanol–water partition coefficient (Wildman–Crippen LogP) is 3.50. The minimum absolute atomic E-state index is 0.0380. The number of fused-ring (bicyclic) bond motifs is 1. The highest BCUT2D eigenvalue weighted by Crippen LogP contribution is 2.28. The zero-order valence-corrected chi connectivity index (χ0v) is 16.0. The molecule has 1 N–H and O–H groups in total. The van der Waals surface area contributed by atoms with Crippen LogP contribution in [-0.4, -0.2) is 26.4 Å². The minimum Gasteiger partial charge on any atom is -0.468 e. The van der Waals surface area contributed by atoms with E-state index in [9.17, 15) is 12.8 Å². The normalized spacial score (nSPS) is 15.9. The molecule has 1 atom stereocenters. The van der Waals surface area contributed by atoms with Crippen molar-refractivity contribution in [1.82, 2.24) is 9.62 Å². The first-order chi connectivity index (χ1) is 13.5. The van der Waals surface area contributed by atoms with Crippen molar-refractivity contribution in [2.45, 2.75) is 23.9 Å². The van der Waals surface area contributed by atoms with Crippen LogP contribution in [0.15, 0.2) is 76.2 Å². The third kappa shape index (κ3) is 4.01. The van der Waals surface area contributed by atoms with E-state index in [4.69, 9.17) is 4.42 Å². The summed E-state index contributed by atoms with van der Waals surface area (Å²) in [5, 5.41) is 0. The molecule has 0 aliphatic carbocycles. The van der Waals surface area contributed by atoms with Crippen LogP contribution in [0.25, 0.3) is 0 Å². The molecule has 28 heavy (non-hydrogen) atoms. The monoisotopic (exact) mass is 400 g/mol. The first-order valence-corrected chi connectivity index (χ1v) is 10.6. The lowest BCUT2D eigenvalue weighted by atomic mass is 9.98. The molecule has 0 amide bonds. The van der Waals surface area contributed by atoms with Gasteiger partial charge in [0.05, 0.1) is 17.2 Å². The summed E-state index contributed by atoms with van der Waals surface area (Å²) in [4.78, 5) is 2.25. The van der Waals surface area contributed by atoms with Crippen LogP contribution in [0.1, 0.15) is 22.9 Å². The van der Waals surface area contributed by atoms with Crippen molar-refractivity contribution in [3.63, 3.8) is 0 Å². The molecule has 0 spiro atoms. The van der Waals surface area contributed by atoms with Gasteiger partial charge in [-0.15, -0.1) is 0 Å². The Morgan fingerprint density at radius 2 is 1.79 bits per heavy atom. The van der Waals surface area contributed by atoms with E-state index < -0.39 is 15.8 Å². The van der Waals surface area contributed by atoms with Gasteiger partial charge < -0.3 is 4.42 Å². The maximum atomic E-state index is 13.1. The fourth-order valence-corrected chi connectivity index (χ4v) is 4.60. The minimum atomic E-state index is -3.75. The molecule has 0 saturated heterocycles. The van der Waals surface area contributed by atoms with Gasteiger partial charge in [-0.25, -0.2) is 17.5 Å². The van der Waals surface area contributed by atoms with Crippen molar-refractivity contribution in [1.29, 1.82) is 0 Å². The third-order valence-electron chi connectivity index (χ3n) is 5.06. The first-order valence-electron chi connectivity index (χ1n) is 9.12. The van der Waals surface area contributed by atoms with Crippen LogP contribution in [-0.2, 0) is 23.0 Å². The van der Waals surface area contributed by atoms with E-state index in [1.54, 1.807) is 12.3 Å². The summed E-state index contributed by atoms with van der Waals surface area (Å²) in [5.74, 6) is 0.237. The van der Waals surface area contributed by atoms with E-state index in [-0.39, 0.29) is 17.5 Å². The molecule has 0 bridgehead atoms. The third-order valence-corrected chi connectivity index (χ3v) is 6.50. The van der Waals surface area contributed by atoms with Crippen LogP contribution in [0.2, 0.25) is 0 Å². The Kier molecular flexibility index (Phi) is 5.30. The number of furan rings is 1. The molecule has 1 aromatic heterocycles. The van der Waals surface area contributed by atoms with Gasteiger partial charge in [-0.2, -0.15) is 0 Å². The molecule has 1 aliphatic rings. The maximum Gasteiger partial charge on any atom is 0.240 e. The van der Waals surface area contributed by atoms with Gasteiger partial charge in [0, 0.05) is 19.6 Å². The average Bonchev–Trinajstić information content (AvgIpc) is 3.23. The SMILES string of the molecule is O=S(=O)(NC[C@H](c1ccco1)N1CCc2ccccc2C1)c1ccc(F)cc1. The Labute approximate surface area is 163 Å². The van der Waals surface area contributed by atoms with Crippen molar-refractivity contribution < 1.29 is 17.2 Å². The molecular formula is C21H21FN2O3S. The van der Waals surface area contributed by atoms with E-state index in [1.807, 2.05) is 18.2 Å². The lowest BCUT2D eigenvalue weighted by Gasteiger charge is -2.34. The maximum absolute atomic E-state index is 13.1. The van der Waals surface area contributed by atoms with Gasteiger partial charge in [-0.05, 0) is 53.9 Å². The molecule has 4 rings (SSSR count). The molecule has 2 aromatic carbocycles. The van der Waals surface area contributed by atoms with Gasteiger partial charge in [0.25, 0.3) is 0 Å². The van der Waals surface area contributed by atoms with Crippen LogP contribution in [0.5, 0.6) is 0 Å². The summed E-state index contributed by atoms with van der Waals surface area (Å²) in [6, 6.07) is 16.5. The topological polar surface area (TPSA) is 62.6 Å². The highest BCUT2D eigenvalue weighted by molar-refractivity contribution is 7.89. The number of benzene rings is 2. The van der Waals surface area contributed by atoms with Crippen molar-refractivity contribution >= 4 is 10.0 Å².